The van der Waals surface area contributed by atoms with Crippen molar-refractivity contribution >= 4 is 22.8 Å². The molecule has 3 N–H and O–H groups in total. The van der Waals surface area contributed by atoms with Crippen LogP contribution in [-0.4, -0.2) is 44.8 Å². The van der Waals surface area contributed by atoms with Gasteiger partial charge in [-0.1, -0.05) is 26.0 Å². The number of benzene rings is 1. The Balaban J connectivity index is 1.24. The lowest BCUT2D eigenvalue weighted by Gasteiger charge is -2.30. The molecular formula is C29H37N5O3. The number of carbonyl (C=O) groups excluding carboxylic acids is 1. The van der Waals surface area contributed by atoms with E-state index in [9.17, 15) is 4.79 Å². The molecule has 37 heavy (non-hydrogen) atoms. The molecule has 1 aromatic carbocycles. The number of aromatic nitrogens is 3. The maximum Gasteiger partial charge on any atom is 0.222 e. The van der Waals surface area contributed by atoms with Crippen LogP contribution in [0.1, 0.15) is 71.3 Å². The number of hydrogen-bond donors (Lipinski definition) is 2. The number of anilines is 1. The smallest absolute Gasteiger partial charge is 0.222 e. The van der Waals surface area contributed by atoms with Crippen LogP contribution in [0, 0.1) is 5.92 Å². The second-order valence-corrected chi connectivity index (χ2v) is 11.4. The van der Waals surface area contributed by atoms with Gasteiger partial charge in [-0.05, 0) is 69.1 Å². The molecule has 2 aliphatic heterocycles. The summed E-state index contributed by atoms with van der Waals surface area (Å²) in [4.78, 5) is 21.1. The fraction of sp³-hybridized carbons (Fsp3) is 0.552. The summed E-state index contributed by atoms with van der Waals surface area (Å²) in [7, 11) is 0. The maximum absolute atomic E-state index is 12.2. The normalized spacial score (nSPS) is 27.2. The van der Waals surface area contributed by atoms with Crippen molar-refractivity contribution in [3.63, 3.8) is 0 Å². The number of nitrogens with two attached hydrogens (primary N) is 1. The summed E-state index contributed by atoms with van der Waals surface area (Å²) in [6, 6.07) is 8.74. The zero-order valence-electron chi connectivity index (χ0n) is 21.8. The van der Waals surface area contributed by atoms with Crippen molar-refractivity contribution < 1.29 is 14.3 Å². The average molecular weight is 504 g/mol. The molecule has 3 aliphatic rings. The summed E-state index contributed by atoms with van der Waals surface area (Å²) in [5.74, 6) is 1.46. The Morgan fingerprint density at radius 1 is 1.19 bits per heavy atom. The zero-order valence-corrected chi connectivity index (χ0v) is 21.8. The fourth-order valence-corrected chi connectivity index (χ4v) is 6.33. The van der Waals surface area contributed by atoms with Crippen LogP contribution in [0.25, 0.3) is 22.2 Å². The molecule has 0 spiro atoms. The Morgan fingerprint density at radius 2 is 1.97 bits per heavy atom. The molecule has 3 aromatic rings. The lowest BCUT2D eigenvalue weighted by molar-refractivity contribution is -0.125. The summed E-state index contributed by atoms with van der Waals surface area (Å²) in [6.07, 6.45) is 12.5. The highest BCUT2D eigenvalue weighted by molar-refractivity contribution is 6.00. The van der Waals surface area contributed by atoms with Gasteiger partial charge in [0.15, 0.2) is 0 Å². The summed E-state index contributed by atoms with van der Waals surface area (Å²) in [6.45, 7) is 4.46. The second-order valence-electron chi connectivity index (χ2n) is 11.4. The predicted molar refractivity (Wildman–Crippen MR) is 143 cm³/mol. The Bertz CT molecular complexity index is 1290. The van der Waals surface area contributed by atoms with E-state index in [2.05, 4.69) is 38.2 Å². The molecule has 2 aromatic heterocycles. The lowest BCUT2D eigenvalue weighted by Crippen LogP contribution is -2.39. The third-order valence-corrected chi connectivity index (χ3v) is 8.51. The van der Waals surface area contributed by atoms with Gasteiger partial charge >= 0.3 is 0 Å². The quantitative estimate of drug-likeness (QED) is 0.469. The molecule has 1 amide bonds. The van der Waals surface area contributed by atoms with E-state index in [0.29, 0.717) is 24.6 Å². The van der Waals surface area contributed by atoms with Gasteiger partial charge in [0.2, 0.25) is 5.91 Å². The van der Waals surface area contributed by atoms with Crippen LogP contribution in [0.15, 0.2) is 36.8 Å². The molecule has 2 saturated heterocycles. The number of nitrogen functional groups attached to an aromatic ring is 1. The molecule has 1 saturated carbocycles. The van der Waals surface area contributed by atoms with Gasteiger partial charge in [-0.2, -0.15) is 0 Å². The highest BCUT2D eigenvalue weighted by atomic mass is 16.6. The van der Waals surface area contributed by atoms with Crippen molar-refractivity contribution in [3.05, 3.63) is 36.8 Å². The van der Waals surface area contributed by atoms with Crippen LogP contribution in [0.5, 0.6) is 5.75 Å². The van der Waals surface area contributed by atoms with Gasteiger partial charge in [-0.25, -0.2) is 9.97 Å². The van der Waals surface area contributed by atoms with E-state index in [1.165, 1.54) is 0 Å². The highest BCUT2D eigenvalue weighted by Crippen LogP contribution is 2.44. The first-order valence-corrected chi connectivity index (χ1v) is 13.7. The standard InChI is InChI=1S/C29H37N5O3/c1-18(2)28(35)33-20-6-8-21(9-7-20)34-15-24(25-26(30)31-17-32-27(25)34)19-4-3-5-23(14-19)36-16-29-12-10-22(37-29)11-13-29/h3-5,14-15,17-18,20-22H,6-13,16H2,1-2H3,(H,33,35)(H2,30,31,32)/t20-,21-,22?,29?. The van der Waals surface area contributed by atoms with Gasteiger partial charge in [0.05, 0.1) is 11.5 Å². The number of fused-ring (bicyclic) bond motifs is 3. The lowest BCUT2D eigenvalue weighted by atomic mass is 9.89. The molecule has 0 unspecified atom stereocenters. The van der Waals surface area contributed by atoms with E-state index in [4.69, 9.17) is 15.2 Å². The Labute approximate surface area is 217 Å². The van der Waals surface area contributed by atoms with Gasteiger partial charge in [-0.15, -0.1) is 0 Å². The van der Waals surface area contributed by atoms with Gasteiger partial charge in [0.25, 0.3) is 0 Å². The third kappa shape index (κ3) is 4.67. The number of nitrogens with zero attached hydrogens (tertiary/aromatic N) is 3. The number of amides is 1. The van der Waals surface area contributed by atoms with E-state index in [1.807, 2.05) is 26.0 Å². The van der Waals surface area contributed by atoms with Crippen molar-refractivity contribution in [1.29, 1.82) is 0 Å². The minimum atomic E-state index is -0.109. The molecular weight excluding hydrogens is 466 g/mol. The molecule has 0 radical (unpaired) electrons. The minimum absolute atomic E-state index is 0.00788. The van der Waals surface area contributed by atoms with Crippen molar-refractivity contribution in [3.8, 4) is 16.9 Å². The van der Waals surface area contributed by atoms with Gasteiger partial charge < -0.3 is 25.1 Å². The predicted octanol–water partition coefficient (Wildman–Crippen LogP) is 5.03. The number of nitrogens with one attached hydrogen (secondary N) is 1. The van der Waals surface area contributed by atoms with Crippen molar-refractivity contribution in [2.45, 2.75) is 89.0 Å². The van der Waals surface area contributed by atoms with Crippen LogP contribution in [0.3, 0.4) is 0 Å². The molecule has 1 aliphatic carbocycles. The monoisotopic (exact) mass is 503 g/mol. The second kappa shape index (κ2) is 9.63. The topological polar surface area (TPSA) is 104 Å². The molecule has 196 valence electrons. The number of carbonyl (C=O) groups is 1. The van der Waals surface area contributed by atoms with Crippen LogP contribution < -0.4 is 15.8 Å². The average Bonchev–Trinajstić information content (AvgIpc) is 3.62. The number of hydrogen-bond acceptors (Lipinski definition) is 6. The van der Waals surface area contributed by atoms with Gasteiger partial charge in [-0.3, -0.25) is 4.79 Å². The van der Waals surface area contributed by atoms with Crippen LogP contribution in [-0.2, 0) is 9.53 Å². The first-order chi connectivity index (χ1) is 17.9. The number of rotatable bonds is 7. The van der Waals surface area contributed by atoms with E-state index < -0.39 is 0 Å². The molecule has 8 nitrogen and oxygen atoms in total. The molecule has 4 heterocycles. The first-order valence-electron chi connectivity index (χ1n) is 13.7. The minimum Gasteiger partial charge on any atom is -0.491 e. The van der Waals surface area contributed by atoms with Crippen molar-refractivity contribution in [2.24, 2.45) is 5.92 Å². The molecule has 8 heteroatoms. The molecule has 3 fully saturated rings. The van der Waals surface area contributed by atoms with Crippen LogP contribution >= 0.6 is 0 Å². The highest BCUT2D eigenvalue weighted by Gasteiger charge is 2.46. The third-order valence-electron chi connectivity index (χ3n) is 8.51. The molecule has 6 rings (SSSR count). The van der Waals surface area contributed by atoms with E-state index in [0.717, 1.165) is 79.3 Å². The van der Waals surface area contributed by atoms with Gasteiger partial charge in [0, 0.05) is 29.8 Å². The first kappa shape index (κ1) is 24.2. The fourth-order valence-electron chi connectivity index (χ4n) is 6.33. The Morgan fingerprint density at radius 3 is 2.68 bits per heavy atom. The zero-order chi connectivity index (χ0) is 25.6. The van der Waals surface area contributed by atoms with Crippen LogP contribution in [0.4, 0.5) is 5.82 Å². The van der Waals surface area contributed by atoms with E-state index in [1.54, 1.807) is 6.33 Å². The summed E-state index contributed by atoms with van der Waals surface area (Å²) < 4.78 is 14.7. The van der Waals surface area contributed by atoms with Crippen molar-refractivity contribution in [1.82, 2.24) is 19.9 Å². The Kier molecular flexibility index (Phi) is 6.31. The summed E-state index contributed by atoms with van der Waals surface area (Å²) >= 11 is 0. The SMILES string of the molecule is CC(C)C(=O)N[C@H]1CC[C@H](n2cc(-c3cccc(OCC45CCC(CC4)O5)c3)c3c(N)ncnc32)CC1. The maximum atomic E-state index is 12.2. The summed E-state index contributed by atoms with van der Waals surface area (Å²) in [5, 5.41) is 4.08. The molecule has 0 atom stereocenters. The summed E-state index contributed by atoms with van der Waals surface area (Å²) in [5.41, 5.74) is 9.21. The largest absolute Gasteiger partial charge is 0.491 e. The molecule has 2 bridgehead atoms. The van der Waals surface area contributed by atoms with E-state index in [-0.39, 0.29) is 23.5 Å². The van der Waals surface area contributed by atoms with Gasteiger partial charge in [0.1, 0.15) is 35.7 Å². The number of ether oxygens (including phenoxy) is 2. The van der Waals surface area contributed by atoms with Crippen LogP contribution in [0.2, 0.25) is 0 Å². The van der Waals surface area contributed by atoms with Crippen molar-refractivity contribution in [2.75, 3.05) is 12.3 Å². The Hall–Kier alpha value is -3.13. The van der Waals surface area contributed by atoms with E-state index >= 15 is 0 Å².